The van der Waals surface area contributed by atoms with Gasteiger partial charge in [-0.25, -0.2) is 9.07 Å². The molecule has 0 spiro atoms. The summed E-state index contributed by atoms with van der Waals surface area (Å²) in [4.78, 5) is 24.6. The fourth-order valence-electron chi connectivity index (χ4n) is 2.84. The third kappa shape index (κ3) is 4.89. The van der Waals surface area contributed by atoms with Crippen LogP contribution in [0.1, 0.15) is 42.0 Å². The number of anilines is 1. The molecule has 2 N–H and O–H groups in total. The summed E-state index contributed by atoms with van der Waals surface area (Å²) < 4.78 is 14.6. The first-order valence-corrected chi connectivity index (χ1v) is 9.75. The van der Waals surface area contributed by atoms with Crippen LogP contribution in [0.4, 0.5) is 10.1 Å². The minimum Gasteiger partial charge on any atom is -0.347 e. The molecule has 0 radical (unpaired) electrons. The molecule has 0 aliphatic rings. The van der Waals surface area contributed by atoms with E-state index in [9.17, 15) is 14.0 Å². The van der Waals surface area contributed by atoms with Crippen molar-refractivity contribution in [3.8, 4) is 5.69 Å². The summed E-state index contributed by atoms with van der Waals surface area (Å²) in [6.07, 6.45) is 0.763. The Morgan fingerprint density at radius 3 is 2.60 bits per heavy atom. The van der Waals surface area contributed by atoms with Crippen molar-refractivity contribution >= 4 is 17.5 Å². The zero-order valence-electron chi connectivity index (χ0n) is 17.1. The van der Waals surface area contributed by atoms with E-state index >= 15 is 0 Å². The number of hydrogen-bond donors (Lipinski definition) is 2. The maximum Gasteiger partial charge on any atom is 0.274 e. The van der Waals surface area contributed by atoms with Crippen LogP contribution in [-0.4, -0.2) is 26.8 Å². The molecule has 0 fully saturated rings. The van der Waals surface area contributed by atoms with Gasteiger partial charge in [-0.15, -0.1) is 5.10 Å². The van der Waals surface area contributed by atoms with Gasteiger partial charge in [0.1, 0.15) is 5.82 Å². The number of rotatable bonds is 7. The largest absolute Gasteiger partial charge is 0.347 e. The fourth-order valence-corrected chi connectivity index (χ4v) is 2.84. The molecule has 1 unspecified atom stereocenters. The molecule has 1 heterocycles. The molecule has 1 aromatic heterocycles. The third-order valence-electron chi connectivity index (χ3n) is 4.89. The van der Waals surface area contributed by atoms with Gasteiger partial charge in [0.25, 0.3) is 5.91 Å². The van der Waals surface area contributed by atoms with Crippen LogP contribution < -0.4 is 10.6 Å². The first kappa shape index (κ1) is 21.2. The molecule has 2 amide bonds. The highest BCUT2D eigenvalue weighted by Gasteiger charge is 2.17. The molecule has 0 aliphatic heterocycles. The van der Waals surface area contributed by atoms with Gasteiger partial charge in [-0.05, 0) is 55.3 Å². The predicted molar refractivity (Wildman–Crippen MR) is 112 cm³/mol. The second-order valence-electron chi connectivity index (χ2n) is 7.09. The standard InChI is InChI=1S/C22H24FN5O2/c1-4-14(2)21(29)25-18-7-5-6-16(12-18)13-24-22(30)20-15(3)28(27-26-20)19-10-8-17(23)9-11-19/h5-12,14H,4,13H2,1-3H3,(H,24,30)(H,25,29). The number of carbonyl (C=O) groups is 2. The van der Waals surface area contributed by atoms with Crippen molar-refractivity contribution in [2.75, 3.05) is 5.32 Å². The Kier molecular flexibility index (Phi) is 6.56. The van der Waals surface area contributed by atoms with Gasteiger partial charge in [0, 0.05) is 18.2 Å². The molecule has 156 valence electrons. The van der Waals surface area contributed by atoms with Crippen molar-refractivity contribution in [3.05, 3.63) is 71.3 Å². The zero-order valence-corrected chi connectivity index (χ0v) is 17.1. The van der Waals surface area contributed by atoms with Crippen molar-refractivity contribution < 1.29 is 14.0 Å². The second-order valence-corrected chi connectivity index (χ2v) is 7.09. The van der Waals surface area contributed by atoms with Gasteiger partial charge >= 0.3 is 0 Å². The first-order chi connectivity index (χ1) is 14.4. The van der Waals surface area contributed by atoms with E-state index in [2.05, 4.69) is 20.9 Å². The van der Waals surface area contributed by atoms with Crippen LogP contribution in [0.5, 0.6) is 0 Å². The smallest absolute Gasteiger partial charge is 0.274 e. The molecule has 0 bridgehead atoms. The number of nitrogens with one attached hydrogen (secondary N) is 2. The van der Waals surface area contributed by atoms with Gasteiger partial charge in [-0.3, -0.25) is 9.59 Å². The van der Waals surface area contributed by atoms with Crippen LogP contribution in [0.3, 0.4) is 0 Å². The molecule has 0 saturated carbocycles. The maximum absolute atomic E-state index is 13.1. The molecule has 3 aromatic rings. The van der Waals surface area contributed by atoms with E-state index < -0.39 is 0 Å². The number of benzene rings is 2. The van der Waals surface area contributed by atoms with Crippen LogP contribution in [0.25, 0.3) is 5.69 Å². The van der Waals surface area contributed by atoms with Crippen LogP contribution in [0, 0.1) is 18.7 Å². The average molecular weight is 409 g/mol. The number of hydrogen-bond acceptors (Lipinski definition) is 4. The van der Waals surface area contributed by atoms with Gasteiger partial charge in [0.05, 0.1) is 11.4 Å². The number of halogens is 1. The molecular formula is C22H24FN5O2. The molecule has 30 heavy (non-hydrogen) atoms. The summed E-state index contributed by atoms with van der Waals surface area (Å²) in [6, 6.07) is 13.1. The van der Waals surface area contributed by atoms with Crippen LogP contribution in [0.2, 0.25) is 0 Å². The van der Waals surface area contributed by atoms with Gasteiger partial charge in [-0.2, -0.15) is 0 Å². The van der Waals surface area contributed by atoms with Crippen molar-refractivity contribution in [1.82, 2.24) is 20.3 Å². The highest BCUT2D eigenvalue weighted by molar-refractivity contribution is 5.93. The maximum atomic E-state index is 13.1. The van der Waals surface area contributed by atoms with E-state index in [0.717, 1.165) is 12.0 Å². The number of aromatic nitrogens is 3. The summed E-state index contributed by atoms with van der Waals surface area (Å²) in [7, 11) is 0. The number of nitrogens with zero attached hydrogens (tertiary/aromatic N) is 3. The highest BCUT2D eigenvalue weighted by atomic mass is 19.1. The van der Waals surface area contributed by atoms with E-state index in [1.165, 1.54) is 16.8 Å². The fraction of sp³-hybridized carbons (Fsp3) is 0.273. The second kappa shape index (κ2) is 9.30. The van der Waals surface area contributed by atoms with Crippen molar-refractivity contribution in [1.29, 1.82) is 0 Å². The topological polar surface area (TPSA) is 88.9 Å². The lowest BCUT2D eigenvalue weighted by Crippen LogP contribution is -2.24. The van der Waals surface area contributed by atoms with Crippen molar-refractivity contribution in [2.24, 2.45) is 5.92 Å². The summed E-state index contributed by atoms with van der Waals surface area (Å²) >= 11 is 0. The first-order valence-electron chi connectivity index (χ1n) is 9.75. The molecule has 7 nitrogen and oxygen atoms in total. The van der Waals surface area contributed by atoms with E-state index in [0.29, 0.717) is 17.1 Å². The van der Waals surface area contributed by atoms with Crippen LogP contribution in [0.15, 0.2) is 48.5 Å². The Hall–Kier alpha value is -3.55. The predicted octanol–water partition coefficient (Wildman–Crippen LogP) is 3.63. The third-order valence-corrected chi connectivity index (χ3v) is 4.89. The van der Waals surface area contributed by atoms with E-state index in [-0.39, 0.29) is 35.8 Å². The molecule has 0 saturated heterocycles. The Balaban J connectivity index is 1.66. The normalized spacial score (nSPS) is 11.7. The Morgan fingerprint density at radius 1 is 1.17 bits per heavy atom. The quantitative estimate of drug-likeness (QED) is 0.624. The highest BCUT2D eigenvalue weighted by Crippen LogP contribution is 2.15. The zero-order chi connectivity index (χ0) is 21.7. The molecule has 8 heteroatoms. The molecule has 2 aromatic carbocycles. The van der Waals surface area contributed by atoms with Gasteiger partial charge in [-0.1, -0.05) is 31.2 Å². The summed E-state index contributed by atoms with van der Waals surface area (Å²) in [5.41, 5.74) is 2.89. The number of carbonyl (C=O) groups excluding carboxylic acids is 2. The molecule has 0 aliphatic carbocycles. The van der Waals surface area contributed by atoms with Crippen LogP contribution in [-0.2, 0) is 11.3 Å². The monoisotopic (exact) mass is 409 g/mol. The summed E-state index contributed by atoms with van der Waals surface area (Å²) in [6.45, 7) is 5.84. The molecule has 3 rings (SSSR count). The van der Waals surface area contributed by atoms with E-state index in [1.54, 1.807) is 19.1 Å². The Morgan fingerprint density at radius 2 is 1.90 bits per heavy atom. The van der Waals surface area contributed by atoms with Gasteiger partial charge < -0.3 is 10.6 Å². The summed E-state index contributed by atoms with van der Waals surface area (Å²) in [5.74, 6) is -0.821. The summed E-state index contributed by atoms with van der Waals surface area (Å²) in [5, 5.41) is 13.7. The van der Waals surface area contributed by atoms with Gasteiger partial charge in [0.15, 0.2) is 5.69 Å². The lowest BCUT2D eigenvalue weighted by Gasteiger charge is -2.11. The minimum absolute atomic E-state index is 0.0354. The number of amides is 2. The van der Waals surface area contributed by atoms with Gasteiger partial charge in [0.2, 0.25) is 5.91 Å². The SMILES string of the molecule is CCC(C)C(=O)Nc1cccc(CNC(=O)c2nnn(-c3ccc(F)cc3)c2C)c1. The average Bonchev–Trinajstić information content (AvgIpc) is 3.13. The Labute approximate surface area is 174 Å². The van der Waals surface area contributed by atoms with Crippen molar-refractivity contribution in [2.45, 2.75) is 33.7 Å². The van der Waals surface area contributed by atoms with E-state index in [1.807, 2.05) is 38.1 Å². The van der Waals surface area contributed by atoms with E-state index in [4.69, 9.17) is 0 Å². The lowest BCUT2D eigenvalue weighted by molar-refractivity contribution is -0.119. The lowest BCUT2D eigenvalue weighted by atomic mass is 10.1. The minimum atomic E-state index is -0.366. The molecule has 1 atom stereocenters. The van der Waals surface area contributed by atoms with Crippen LogP contribution >= 0.6 is 0 Å². The van der Waals surface area contributed by atoms with Crippen molar-refractivity contribution in [3.63, 3.8) is 0 Å². The Bertz CT molecular complexity index is 1050. The molecular weight excluding hydrogens is 385 g/mol.